The molecule has 0 radical (unpaired) electrons. The number of amides is 2. The zero-order valence-corrected chi connectivity index (χ0v) is 17.0. The first-order valence-electron chi connectivity index (χ1n) is 9.04. The van der Waals surface area contributed by atoms with E-state index in [4.69, 9.17) is 9.72 Å². The average molecular weight is 388 g/mol. The summed E-state index contributed by atoms with van der Waals surface area (Å²) in [7, 11) is 0. The Morgan fingerprint density at radius 2 is 2.00 bits per heavy atom. The number of nitrogens with zero attached hydrogens (tertiary/aromatic N) is 2. The van der Waals surface area contributed by atoms with Crippen LogP contribution < -0.4 is 5.32 Å². The molecule has 1 fully saturated rings. The lowest BCUT2D eigenvalue weighted by Gasteiger charge is -2.17. The van der Waals surface area contributed by atoms with Crippen molar-refractivity contribution in [3.63, 3.8) is 0 Å². The van der Waals surface area contributed by atoms with Crippen molar-refractivity contribution in [1.29, 1.82) is 0 Å². The number of aryl methyl sites for hydroxylation is 1. The molecule has 0 unspecified atom stereocenters. The molecule has 27 heavy (non-hydrogen) atoms. The summed E-state index contributed by atoms with van der Waals surface area (Å²) < 4.78 is 4.95. The van der Waals surface area contributed by atoms with Gasteiger partial charge in [0.2, 0.25) is 5.91 Å². The Morgan fingerprint density at radius 3 is 2.59 bits per heavy atom. The second kappa shape index (κ2) is 7.68. The number of cyclic esters (lactones) is 1. The van der Waals surface area contributed by atoms with E-state index in [1.54, 1.807) is 16.2 Å². The number of rotatable bonds is 5. The van der Waals surface area contributed by atoms with Crippen molar-refractivity contribution in [3.05, 3.63) is 34.2 Å². The fourth-order valence-corrected chi connectivity index (χ4v) is 3.66. The summed E-state index contributed by atoms with van der Waals surface area (Å²) in [4.78, 5) is 31.2. The third-order valence-electron chi connectivity index (χ3n) is 4.38. The molecule has 2 amide bonds. The van der Waals surface area contributed by atoms with Crippen LogP contribution in [-0.2, 0) is 16.0 Å². The highest BCUT2D eigenvalue weighted by Crippen LogP contribution is 2.29. The van der Waals surface area contributed by atoms with E-state index in [2.05, 4.69) is 12.2 Å². The molecule has 0 spiro atoms. The van der Waals surface area contributed by atoms with Gasteiger partial charge in [-0.15, -0.1) is 11.3 Å². The summed E-state index contributed by atoms with van der Waals surface area (Å²) in [5, 5.41) is 3.94. The fraction of sp³-hybridized carbons (Fsp3) is 0.450. The lowest BCUT2D eigenvalue weighted by atomic mass is 9.95. The Labute approximate surface area is 163 Å². The number of hydrogen-bond donors (Lipinski definition) is 1. The van der Waals surface area contributed by atoms with Gasteiger partial charge in [-0.2, -0.15) is 0 Å². The smallest absolute Gasteiger partial charge is 0.409 e. The number of ether oxygens (including phenoxy) is 1. The van der Waals surface area contributed by atoms with E-state index in [0.717, 1.165) is 33.3 Å². The highest BCUT2D eigenvalue weighted by molar-refractivity contribution is 7.12. The minimum atomic E-state index is -0.430. The standard InChI is InChI=1S/C20H25N3O3S/c1-13-17(22-16(27-13)9-10-23-11-12-26-19(23)25)14-5-7-15(8-6-14)21-18(24)20(2,3)4/h5-8H,9-12H2,1-4H3,(H,21,24). The van der Waals surface area contributed by atoms with Crippen LogP contribution in [0.4, 0.5) is 10.5 Å². The minimum Gasteiger partial charge on any atom is -0.448 e. The average Bonchev–Trinajstić information content (AvgIpc) is 3.18. The first-order valence-corrected chi connectivity index (χ1v) is 9.85. The maximum atomic E-state index is 12.1. The molecular formula is C20H25N3O3S. The predicted octanol–water partition coefficient (Wildman–Crippen LogP) is 4.10. The molecule has 0 aliphatic carbocycles. The van der Waals surface area contributed by atoms with Crippen molar-refractivity contribution in [2.24, 2.45) is 5.41 Å². The Morgan fingerprint density at radius 1 is 1.30 bits per heavy atom. The number of carbonyl (C=O) groups is 2. The second-order valence-electron chi connectivity index (χ2n) is 7.65. The number of aromatic nitrogens is 1. The molecule has 144 valence electrons. The summed E-state index contributed by atoms with van der Waals surface area (Å²) in [6.45, 7) is 9.46. The van der Waals surface area contributed by atoms with Gasteiger partial charge in [-0.25, -0.2) is 9.78 Å². The number of carbonyl (C=O) groups excluding carboxylic acids is 2. The number of benzene rings is 1. The van der Waals surface area contributed by atoms with Crippen molar-refractivity contribution in [3.8, 4) is 11.3 Å². The van der Waals surface area contributed by atoms with Crippen LogP contribution in [0.15, 0.2) is 24.3 Å². The lowest BCUT2D eigenvalue weighted by Crippen LogP contribution is -2.27. The summed E-state index contributed by atoms with van der Waals surface area (Å²) in [6.07, 6.45) is 0.483. The van der Waals surface area contributed by atoms with E-state index >= 15 is 0 Å². The van der Waals surface area contributed by atoms with Gasteiger partial charge in [0, 0.05) is 34.5 Å². The van der Waals surface area contributed by atoms with E-state index in [9.17, 15) is 9.59 Å². The van der Waals surface area contributed by atoms with Crippen LogP contribution >= 0.6 is 11.3 Å². The van der Waals surface area contributed by atoms with Crippen LogP contribution in [0.3, 0.4) is 0 Å². The van der Waals surface area contributed by atoms with E-state index in [0.29, 0.717) is 19.7 Å². The molecule has 1 aromatic heterocycles. The molecule has 7 heteroatoms. The highest BCUT2D eigenvalue weighted by Gasteiger charge is 2.22. The first kappa shape index (κ1) is 19.4. The van der Waals surface area contributed by atoms with Crippen LogP contribution in [0.5, 0.6) is 0 Å². The Hall–Kier alpha value is -2.41. The van der Waals surface area contributed by atoms with Gasteiger partial charge in [0.15, 0.2) is 0 Å². The van der Waals surface area contributed by atoms with Crippen molar-refractivity contribution in [1.82, 2.24) is 9.88 Å². The van der Waals surface area contributed by atoms with Gasteiger partial charge >= 0.3 is 6.09 Å². The van der Waals surface area contributed by atoms with E-state index in [-0.39, 0.29) is 12.0 Å². The largest absolute Gasteiger partial charge is 0.448 e. The first-order chi connectivity index (χ1) is 12.7. The number of thiazole rings is 1. The van der Waals surface area contributed by atoms with Crippen molar-refractivity contribution in [2.75, 3.05) is 25.0 Å². The zero-order chi connectivity index (χ0) is 19.6. The molecule has 1 aliphatic rings. The topological polar surface area (TPSA) is 71.5 Å². The van der Waals surface area contributed by atoms with Gasteiger partial charge in [-0.3, -0.25) is 4.79 Å². The molecule has 0 bridgehead atoms. The number of nitrogens with one attached hydrogen (secondary N) is 1. The molecule has 2 aromatic rings. The van der Waals surface area contributed by atoms with Gasteiger partial charge in [-0.05, 0) is 19.1 Å². The molecule has 1 aliphatic heterocycles. The minimum absolute atomic E-state index is 0.0113. The lowest BCUT2D eigenvalue weighted by molar-refractivity contribution is -0.123. The van der Waals surface area contributed by atoms with Gasteiger partial charge in [0.1, 0.15) is 6.61 Å². The second-order valence-corrected chi connectivity index (χ2v) is 8.93. The molecule has 1 N–H and O–H groups in total. The highest BCUT2D eigenvalue weighted by atomic mass is 32.1. The third kappa shape index (κ3) is 4.66. The van der Waals surface area contributed by atoms with Crippen molar-refractivity contribution >= 4 is 29.0 Å². The predicted molar refractivity (Wildman–Crippen MR) is 107 cm³/mol. The summed E-state index contributed by atoms with van der Waals surface area (Å²) in [5.41, 5.74) is 2.32. The van der Waals surface area contributed by atoms with E-state index in [1.165, 1.54) is 0 Å². The molecule has 2 heterocycles. The van der Waals surface area contributed by atoms with Crippen LogP contribution in [0.25, 0.3) is 11.3 Å². The molecule has 0 saturated carbocycles. The maximum absolute atomic E-state index is 12.1. The van der Waals surface area contributed by atoms with E-state index in [1.807, 2.05) is 45.0 Å². The van der Waals surface area contributed by atoms with Gasteiger partial charge in [0.05, 0.1) is 17.2 Å². The Balaban J connectivity index is 1.66. The van der Waals surface area contributed by atoms with Crippen LogP contribution in [0, 0.1) is 12.3 Å². The summed E-state index contributed by atoms with van der Waals surface area (Å²) in [6, 6.07) is 7.75. The molecule has 1 saturated heterocycles. The summed E-state index contributed by atoms with van der Waals surface area (Å²) >= 11 is 1.65. The molecule has 1 aromatic carbocycles. The fourth-order valence-electron chi connectivity index (χ4n) is 2.72. The van der Waals surface area contributed by atoms with Gasteiger partial charge in [0.25, 0.3) is 0 Å². The van der Waals surface area contributed by atoms with Crippen molar-refractivity contribution in [2.45, 2.75) is 34.1 Å². The van der Waals surface area contributed by atoms with Crippen LogP contribution in [0.1, 0.15) is 30.7 Å². The zero-order valence-electron chi connectivity index (χ0n) is 16.2. The maximum Gasteiger partial charge on any atom is 0.409 e. The molecule has 0 atom stereocenters. The van der Waals surface area contributed by atoms with Crippen molar-refractivity contribution < 1.29 is 14.3 Å². The van der Waals surface area contributed by atoms with Crippen LogP contribution in [-0.4, -0.2) is 41.6 Å². The van der Waals surface area contributed by atoms with E-state index < -0.39 is 5.41 Å². The Bertz CT molecular complexity index is 837. The normalized spacial score (nSPS) is 14.4. The molecule has 3 rings (SSSR count). The van der Waals surface area contributed by atoms with Crippen LogP contribution in [0.2, 0.25) is 0 Å². The monoisotopic (exact) mass is 387 g/mol. The summed E-state index contributed by atoms with van der Waals surface area (Å²) in [5.74, 6) is -0.0113. The molecule has 6 nitrogen and oxygen atoms in total. The number of anilines is 1. The third-order valence-corrected chi connectivity index (χ3v) is 5.41. The quantitative estimate of drug-likeness (QED) is 0.838. The van der Waals surface area contributed by atoms with Gasteiger partial charge < -0.3 is 15.0 Å². The van der Waals surface area contributed by atoms with Gasteiger partial charge in [-0.1, -0.05) is 32.9 Å². The Kier molecular flexibility index (Phi) is 5.51. The molecular weight excluding hydrogens is 362 g/mol. The number of hydrogen-bond acceptors (Lipinski definition) is 5. The SMILES string of the molecule is Cc1sc(CCN2CCOC2=O)nc1-c1ccc(NC(=O)C(C)(C)C)cc1.